The number of hydrogen-bond acceptors (Lipinski definition) is 6. The third-order valence-electron chi connectivity index (χ3n) is 5.69. The van der Waals surface area contributed by atoms with Gasteiger partial charge >= 0.3 is 0 Å². The van der Waals surface area contributed by atoms with E-state index in [0.29, 0.717) is 28.0 Å². The van der Waals surface area contributed by atoms with Gasteiger partial charge in [-0.2, -0.15) is 5.10 Å². The lowest BCUT2D eigenvalue weighted by molar-refractivity contribution is 0.415. The SMILES string of the molecule is COc1cc2c(cc1Nc1cc(Cc3ccccc3Cl)nc3cn[nH]c(=O)c13)CNCC2. The first-order chi connectivity index (χ1) is 15.6. The van der Waals surface area contributed by atoms with Crippen LogP contribution in [0.4, 0.5) is 11.4 Å². The van der Waals surface area contributed by atoms with Gasteiger partial charge in [0.05, 0.1) is 35.6 Å². The van der Waals surface area contributed by atoms with Gasteiger partial charge in [0.25, 0.3) is 5.56 Å². The van der Waals surface area contributed by atoms with Gasteiger partial charge in [0.2, 0.25) is 0 Å². The monoisotopic (exact) mass is 447 g/mol. The van der Waals surface area contributed by atoms with E-state index in [1.54, 1.807) is 13.3 Å². The standard InChI is InChI=1S/C24H22ClN5O2/c1-32-22-10-14-6-7-26-12-16(14)9-19(22)29-20-11-17(8-15-4-2-3-5-18(15)25)28-21-13-27-30-24(31)23(20)21/h2-5,9-11,13,26H,6-8,12H2,1H3,(H,28,29)(H,30,31). The molecule has 162 valence electrons. The molecule has 0 saturated heterocycles. The van der Waals surface area contributed by atoms with Crippen LogP contribution in [0.5, 0.6) is 5.75 Å². The molecule has 0 spiro atoms. The van der Waals surface area contributed by atoms with Crippen molar-refractivity contribution in [2.45, 2.75) is 19.4 Å². The van der Waals surface area contributed by atoms with E-state index in [4.69, 9.17) is 16.3 Å². The highest BCUT2D eigenvalue weighted by Gasteiger charge is 2.17. The van der Waals surface area contributed by atoms with Crippen molar-refractivity contribution in [1.29, 1.82) is 0 Å². The first-order valence-corrected chi connectivity index (χ1v) is 10.8. The van der Waals surface area contributed by atoms with Crippen LogP contribution in [0.25, 0.3) is 10.9 Å². The molecule has 2 aromatic heterocycles. The Labute approximate surface area is 189 Å². The van der Waals surface area contributed by atoms with E-state index in [1.807, 2.05) is 30.3 Å². The predicted molar refractivity (Wildman–Crippen MR) is 126 cm³/mol. The zero-order valence-corrected chi connectivity index (χ0v) is 18.3. The van der Waals surface area contributed by atoms with Crippen LogP contribution in [-0.4, -0.2) is 28.8 Å². The number of nitrogens with one attached hydrogen (secondary N) is 3. The number of methoxy groups -OCH3 is 1. The zero-order chi connectivity index (χ0) is 22.1. The maximum Gasteiger partial charge on any atom is 0.275 e. The summed E-state index contributed by atoms with van der Waals surface area (Å²) in [6, 6.07) is 13.7. The third kappa shape index (κ3) is 3.92. The molecule has 4 aromatic rings. The molecule has 3 heterocycles. The Morgan fingerprint density at radius 2 is 2.03 bits per heavy atom. The summed E-state index contributed by atoms with van der Waals surface area (Å²) in [4.78, 5) is 17.3. The summed E-state index contributed by atoms with van der Waals surface area (Å²) >= 11 is 6.36. The molecule has 5 rings (SSSR count). The third-order valence-corrected chi connectivity index (χ3v) is 6.06. The number of rotatable bonds is 5. The molecule has 3 N–H and O–H groups in total. The number of H-pyrrole nitrogens is 1. The van der Waals surface area contributed by atoms with Crippen molar-refractivity contribution in [3.8, 4) is 5.75 Å². The van der Waals surface area contributed by atoms with Crippen LogP contribution in [0.15, 0.2) is 53.5 Å². The van der Waals surface area contributed by atoms with Crippen LogP contribution in [0.2, 0.25) is 5.02 Å². The number of pyridine rings is 1. The van der Waals surface area contributed by atoms with Gasteiger partial charge in [0, 0.05) is 23.7 Å². The van der Waals surface area contributed by atoms with Crippen LogP contribution < -0.4 is 20.9 Å². The number of nitrogens with zero attached hydrogens (tertiary/aromatic N) is 2. The van der Waals surface area contributed by atoms with Gasteiger partial charge in [-0.05, 0) is 53.9 Å². The summed E-state index contributed by atoms with van der Waals surface area (Å²) in [7, 11) is 1.65. The molecule has 0 atom stereocenters. The van der Waals surface area contributed by atoms with Crippen molar-refractivity contribution in [3.63, 3.8) is 0 Å². The Morgan fingerprint density at radius 3 is 2.88 bits per heavy atom. The van der Waals surface area contributed by atoms with Crippen molar-refractivity contribution in [2.24, 2.45) is 0 Å². The Bertz CT molecular complexity index is 1370. The number of anilines is 2. The summed E-state index contributed by atoms with van der Waals surface area (Å²) in [5.41, 5.74) is 5.86. The van der Waals surface area contributed by atoms with Crippen molar-refractivity contribution in [3.05, 3.63) is 86.4 Å². The van der Waals surface area contributed by atoms with E-state index < -0.39 is 0 Å². The van der Waals surface area contributed by atoms with E-state index in [1.165, 1.54) is 11.1 Å². The number of fused-ring (bicyclic) bond motifs is 2. The maximum absolute atomic E-state index is 12.6. The summed E-state index contributed by atoms with van der Waals surface area (Å²) in [5, 5.41) is 14.4. The predicted octanol–water partition coefficient (Wildman–Crippen LogP) is 3.96. The minimum Gasteiger partial charge on any atom is -0.495 e. The molecule has 1 aliphatic heterocycles. The van der Waals surface area contributed by atoms with Gasteiger partial charge in [-0.15, -0.1) is 0 Å². The van der Waals surface area contributed by atoms with Gasteiger partial charge in [0.1, 0.15) is 5.75 Å². The fourth-order valence-electron chi connectivity index (χ4n) is 4.11. The molecule has 0 bridgehead atoms. The first kappa shape index (κ1) is 20.5. The average Bonchev–Trinajstić information content (AvgIpc) is 2.80. The molecule has 8 heteroatoms. The van der Waals surface area contributed by atoms with Crippen LogP contribution in [0.3, 0.4) is 0 Å². The lowest BCUT2D eigenvalue weighted by Gasteiger charge is -2.21. The molecular formula is C24H22ClN5O2. The van der Waals surface area contributed by atoms with E-state index in [0.717, 1.165) is 42.2 Å². The highest BCUT2D eigenvalue weighted by molar-refractivity contribution is 6.31. The molecule has 0 saturated carbocycles. The Balaban J connectivity index is 1.62. The number of ether oxygens (including phenoxy) is 1. The number of aromatic amines is 1. The molecule has 2 aromatic carbocycles. The first-order valence-electron chi connectivity index (χ1n) is 10.4. The van der Waals surface area contributed by atoms with Crippen LogP contribution in [0, 0.1) is 0 Å². The van der Waals surface area contributed by atoms with E-state index >= 15 is 0 Å². The number of hydrogen-bond donors (Lipinski definition) is 3. The fraction of sp³-hybridized carbons (Fsp3) is 0.208. The highest BCUT2D eigenvalue weighted by Crippen LogP contribution is 2.34. The number of aromatic nitrogens is 3. The van der Waals surface area contributed by atoms with Crippen molar-refractivity contribution >= 4 is 33.9 Å². The van der Waals surface area contributed by atoms with Crippen molar-refractivity contribution < 1.29 is 4.74 Å². The number of halogens is 1. The second kappa shape index (κ2) is 8.61. The minimum absolute atomic E-state index is 0.305. The lowest BCUT2D eigenvalue weighted by atomic mass is 9.99. The minimum atomic E-state index is -0.305. The Kier molecular flexibility index (Phi) is 5.51. The number of benzene rings is 2. The summed E-state index contributed by atoms with van der Waals surface area (Å²) in [5.74, 6) is 0.730. The van der Waals surface area contributed by atoms with E-state index in [9.17, 15) is 4.79 Å². The van der Waals surface area contributed by atoms with Crippen LogP contribution in [0.1, 0.15) is 22.4 Å². The molecule has 0 radical (unpaired) electrons. The quantitative estimate of drug-likeness (QED) is 0.429. The molecule has 0 amide bonds. The van der Waals surface area contributed by atoms with E-state index in [-0.39, 0.29) is 5.56 Å². The van der Waals surface area contributed by atoms with Gasteiger partial charge in [-0.25, -0.2) is 5.10 Å². The lowest BCUT2D eigenvalue weighted by Crippen LogP contribution is -2.23. The molecule has 0 unspecified atom stereocenters. The van der Waals surface area contributed by atoms with E-state index in [2.05, 4.69) is 37.9 Å². The van der Waals surface area contributed by atoms with Crippen LogP contribution in [-0.2, 0) is 19.4 Å². The normalized spacial score (nSPS) is 13.1. The largest absolute Gasteiger partial charge is 0.495 e. The van der Waals surface area contributed by atoms with Gasteiger partial charge < -0.3 is 15.4 Å². The molecule has 7 nitrogen and oxygen atoms in total. The second-order valence-corrected chi connectivity index (χ2v) is 8.17. The van der Waals surface area contributed by atoms with Gasteiger partial charge in [-0.3, -0.25) is 9.78 Å². The molecular weight excluding hydrogens is 426 g/mol. The maximum atomic E-state index is 12.6. The second-order valence-electron chi connectivity index (χ2n) is 7.76. The fourth-order valence-corrected chi connectivity index (χ4v) is 4.31. The molecule has 0 aliphatic carbocycles. The van der Waals surface area contributed by atoms with Crippen molar-refractivity contribution in [2.75, 3.05) is 19.0 Å². The van der Waals surface area contributed by atoms with Crippen molar-refractivity contribution in [1.82, 2.24) is 20.5 Å². The molecule has 32 heavy (non-hydrogen) atoms. The summed E-state index contributed by atoms with van der Waals surface area (Å²) in [6.45, 7) is 1.75. The highest BCUT2D eigenvalue weighted by atomic mass is 35.5. The molecule has 1 aliphatic rings. The van der Waals surface area contributed by atoms with Gasteiger partial charge in [-0.1, -0.05) is 29.8 Å². The smallest absolute Gasteiger partial charge is 0.275 e. The Morgan fingerprint density at radius 1 is 1.16 bits per heavy atom. The zero-order valence-electron chi connectivity index (χ0n) is 17.5. The average molecular weight is 448 g/mol. The van der Waals surface area contributed by atoms with Crippen LogP contribution >= 0.6 is 11.6 Å². The summed E-state index contributed by atoms with van der Waals surface area (Å²) in [6.07, 6.45) is 3.05. The van der Waals surface area contributed by atoms with Gasteiger partial charge in [0.15, 0.2) is 0 Å². The molecule has 0 fully saturated rings. The Hall–Kier alpha value is -3.42. The summed E-state index contributed by atoms with van der Waals surface area (Å²) < 4.78 is 5.65. The topological polar surface area (TPSA) is 91.9 Å².